The fraction of sp³-hybridized carbons (Fsp3) is 0. The molecule has 1 amide bonds. The van der Waals surface area contributed by atoms with Gasteiger partial charge in [0.05, 0.1) is 11.9 Å². The normalized spacial score (nSPS) is 9.88. The molecule has 3 N–H and O–H groups in total. The molecule has 0 bridgehead atoms. The van der Waals surface area contributed by atoms with Gasteiger partial charge in [-0.05, 0) is 23.7 Å². The van der Waals surface area contributed by atoms with Crippen LogP contribution < -0.4 is 11.1 Å². The Balaban J connectivity index is 2.25. The maximum absolute atomic E-state index is 11.8. The third kappa shape index (κ3) is 2.63. The summed E-state index contributed by atoms with van der Waals surface area (Å²) in [7, 11) is 0. The second-order valence-electron chi connectivity index (χ2n) is 3.15. The summed E-state index contributed by atoms with van der Waals surface area (Å²) in [5.74, 6) is -0.274. The number of hydrogen-bond acceptors (Lipinski definition) is 5. The van der Waals surface area contributed by atoms with Crippen LogP contribution in [0.5, 0.6) is 0 Å². The lowest BCUT2D eigenvalue weighted by Gasteiger charge is -2.08. The zero-order chi connectivity index (χ0) is 12.3. The van der Waals surface area contributed by atoms with Gasteiger partial charge >= 0.3 is 0 Å². The van der Waals surface area contributed by atoms with E-state index in [2.05, 4.69) is 14.9 Å². The Hall–Kier alpha value is -1.86. The molecular weight excluding hydrogens is 256 g/mol. The quantitative estimate of drug-likeness (QED) is 0.820. The molecule has 0 aliphatic rings. The summed E-state index contributed by atoms with van der Waals surface area (Å²) in [6.07, 6.45) is 1.41. The Labute approximate surface area is 107 Å². The molecular formula is C10H8N4OS2. The Bertz CT molecular complexity index is 553. The van der Waals surface area contributed by atoms with E-state index in [1.807, 2.05) is 0 Å². The van der Waals surface area contributed by atoms with Crippen molar-refractivity contribution in [2.24, 2.45) is 5.73 Å². The number of nitrogens with zero attached hydrogens (tertiary/aromatic N) is 2. The van der Waals surface area contributed by atoms with Crippen molar-refractivity contribution in [3.05, 3.63) is 40.9 Å². The molecule has 0 spiro atoms. The van der Waals surface area contributed by atoms with Gasteiger partial charge in [0.1, 0.15) is 9.87 Å². The Morgan fingerprint density at radius 3 is 2.82 bits per heavy atom. The number of para-hydroxylation sites is 1. The van der Waals surface area contributed by atoms with Gasteiger partial charge in [0.2, 0.25) is 0 Å². The first-order chi connectivity index (χ1) is 8.18. The van der Waals surface area contributed by atoms with Crippen LogP contribution in [-0.4, -0.2) is 20.5 Å². The summed E-state index contributed by atoms with van der Waals surface area (Å²) < 4.78 is 3.62. The molecule has 7 heteroatoms. The summed E-state index contributed by atoms with van der Waals surface area (Å²) in [5.41, 5.74) is 6.78. The van der Waals surface area contributed by atoms with Crippen molar-refractivity contribution < 1.29 is 4.79 Å². The molecule has 2 rings (SSSR count). The first-order valence-corrected chi connectivity index (χ1v) is 5.84. The van der Waals surface area contributed by atoms with Crippen LogP contribution in [0.25, 0.3) is 0 Å². The first-order valence-electron chi connectivity index (χ1n) is 4.66. The molecule has 0 atom stereocenters. The minimum Gasteiger partial charge on any atom is -0.389 e. The minimum atomic E-state index is -0.274. The largest absolute Gasteiger partial charge is 0.389 e. The number of nitrogens with two attached hydrogens (primary N) is 1. The van der Waals surface area contributed by atoms with Crippen molar-refractivity contribution in [3.63, 3.8) is 0 Å². The number of thiocarbonyl (C=S) groups is 1. The van der Waals surface area contributed by atoms with Crippen molar-refractivity contribution in [2.75, 3.05) is 5.32 Å². The molecule has 17 heavy (non-hydrogen) atoms. The van der Waals surface area contributed by atoms with Crippen LogP contribution in [0.4, 0.5) is 5.69 Å². The SMILES string of the molecule is NC(=S)c1ccccc1NC(=O)c1cnns1. The highest BCUT2D eigenvalue weighted by molar-refractivity contribution is 7.80. The Kier molecular flexibility index (Phi) is 3.40. The minimum absolute atomic E-state index is 0.239. The second kappa shape index (κ2) is 4.98. The van der Waals surface area contributed by atoms with Crippen molar-refractivity contribution in [2.45, 2.75) is 0 Å². The topological polar surface area (TPSA) is 80.9 Å². The number of nitrogens with one attached hydrogen (secondary N) is 1. The van der Waals surface area contributed by atoms with Crippen LogP contribution in [0.2, 0.25) is 0 Å². The smallest absolute Gasteiger partial charge is 0.269 e. The van der Waals surface area contributed by atoms with E-state index in [1.54, 1.807) is 24.3 Å². The van der Waals surface area contributed by atoms with E-state index in [0.29, 0.717) is 16.1 Å². The number of aromatic nitrogens is 2. The number of amides is 1. The molecule has 0 unspecified atom stereocenters. The van der Waals surface area contributed by atoms with E-state index < -0.39 is 0 Å². The third-order valence-corrected chi connectivity index (χ3v) is 2.91. The van der Waals surface area contributed by atoms with E-state index in [9.17, 15) is 4.79 Å². The molecule has 2 aromatic rings. The fourth-order valence-corrected chi connectivity index (χ4v) is 1.85. The molecule has 0 aliphatic heterocycles. The second-order valence-corrected chi connectivity index (χ2v) is 4.37. The highest BCUT2D eigenvalue weighted by Crippen LogP contribution is 2.16. The number of hydrogen-bond donors (Lipinski definition) is 2. The zero-order valence-electron chi connectivity index (χ0n) is 8.58. The van der Waals surface area contributed by atoms with Crippen molar-refractivity contribution in [1.82, 2.24) is 9.59 Å². The van der Waals surface area contributed by atoms with Crippen LogP contribution in [-0.2, 0) is 0 Å². The molecule has 1 heterocycles. The van der Waals surface area contributed by atoms with Crippen LogP contribution in [0, 0.1) is 0 Å². The van der Waals surface area contributed by atoms with Gasteiger partial charge in [-0.2, -0.15) is 0 Å². The lowest BCUT2D eigenvalue weighted by molar-refractivity contribution is 0.103. The summed E-state index contributed by atoms with van der Waals surface area (Å²) in [6.45, 7) is 0. The monoisotopic (exact) mass is 264 g/mol. The van der Waals surface area contributed by atoms with E-state index in [0.717, 1.165) is 11.5 Å². The molecule has 5 nitrogen and oxygen atoms in total. The number of carbonyl (C=O) groups excluding carboxylic acids is 1. The van der Waals surface area contributed by atoms with Gasteiger partial charge in [-0.15, -0.1) is 5.10 Å². The van der Waals surface area contributed by atoms with Gasteiger partial charge in [0, 0.05) is 5.56 Å². The predicted molar refractivity (Wildman–Crippen MR) is 70.2 cm³/mol. The van der Waals surface area contributed by atoms with Crippen molar-refractivity contribution in [1.29, 1.82) is 0 Å². The molecule has 0 aliphatic carbocycles. The van der Waals surface area contributed by atoms with Gasteiger partial charge in [-0.1, -0.05) is 28.8 Å². The number of anilines is 1. The summed E-state index contributed by atoms with van der Waals surface area (Å²) >= 11 is 5.93. The van der Waals surface area contributed by atoms with E-state index in [1.165, 1.54) is 6.20 Å². The fourth-order valence-electron chi connectivity index (χ4n) is 1.26. The molecule has 1 aromatic carbocycles. The summed E-state index contributed by atoms with van der Waals surface area (Å²) in [4.78, 5) is 12.5. The first kappa shape index (κ1) is 11.6. The summed E-state index contributed by atoms with van der Waals surface area (Å²) in [5, 5.41) is 6.32. The summed E-state index contributed by atoms with van der Waals surface area (Å²) in [6, 6.07) is 7.09. The number of rotatable bonds is 3. The van der Waals surface area contributed by atoms with Gasteiger partial charge in [0.25, 0.3) is 5.91 Å². The van der Waals surface area contributed by atoms with E-state index >= 15 is 0 Å². The van der Waals surface area contributed by atoms with Crippen LogP contribution >= 0.6 is 23.8 Å². The molecule has 0 radical (unpaired) electrons. The van der Waals surface area contributed by atoms with Crippen LogP contribution in [0.15, 0.2) is 30.5 Å². The van der Waals surface area contributed by atoms with Gasteiger partial charge in [-0.25, -0.2) is 0 Å². The highest BCUT2D eigenvalue weighted by Gasteiger charge is 2.11. The third-order valence-electron chi connectivity index (χ3n) is 2.03. The maximum Gasteiger partial charge on any atom is 0.269 e. The van der Waals surface area contributed by atoms with E-state index in [-0.39, 0.29) is 10.9 Å². The van der Waals surface area contributed by atoms with Crippen molar-refractivity contribution >= 4 is 40.3 Å². The standard InChI is InChI=1S/C10H8N4OS2/c11-9(16)6-3-1-2-4-7(6)13-10(15)8-5-12-14-17-8/h1-5H,(H2,11,16)(H,13,15). The molecule has 0 saturated carbocycles. The van der Waals surface area contributed by atoms with Crippen LogP contribution in [0.3, 0.4) is 0 Å². The van der Waals surface area contributed by atoms with Crippen molar-refractivity contribution in [3.8, 4) is 0 Å². The Morgan fingerprint density at radius 1 is 1.41 bits per heavy atom. The number of carbonyl (C=O) groups is 1. The van der Waals surface area contributed by atoms with E-state index in [4.69, 9.17) is 18.0 Å². The van der Waals surface area contributed by atoms with Gasteiger partial charge < -0.3 is 11.1 Å². The van der Waals surface area contributed by atoms with Crippen LogP contribution in [0.1, 0.15) is 15.2 Å². The molecule has 0 saturated heterocycles. The zero-order valence-corrected chi connectivity index (χ0v) is 10.2. The molecule has 1 aromatic heterocycles. The van der Waals surface area contributed by atoms with Gasteiger partial charge in [-0.3, -0.25) is 4.79 Å². The highest BCUT2D eigenvalue weighted by atomic mass is 32.1. The predicted octanol–water partition coefficient (Wildman–Crippen LogP) is 1.42. The lowest BCUT2D eigenvalue weighted by atomic mass is 10.2. The Morgan fingerprint density at radius 2 is 2.18 bits per heavy atom. The molecule has 0 fully saturated rings. The number of benzene rings is 1. The average Bonchev–Trinajstić information content (AvgIpc) is 2.83. The maximum atomic E-state index is 11.8. The molecule has 86 valence electrons. The average molecular weight is 264 g/mol. The lowest BCUT2D eigenvalue weighted by Crippen LogP contribution is -2.16. The van der Waals surface area contributed by atoms with Gasteiger partial charge in [0.15, 0.2) is 0 Å².